The van der Waals surface area contributed by atoms with Gasteiger partial charge in [0.25, 0.3) is 0 Å². The van der Waals surface area contributed by atoms with Gasteiger partial charge in [0.15, 0.2) is 0 Å². The number of fused-ring (bicyclic) bond motifs is 3. The smallest absolute Gasteiger partial charge is 0.326 e. The molecule has 0 spiro atoms. The molecule has 0 radical (unpaired) electrons. The second-order valence-corrected chi connectivity index (χ2v) is 7.87. The minimum Gasteiger partial charge on any atom is -0.480 e. The Balaban J connectivity index is 1.36. The molecule has 3 N–H and O–H groups in total. The van der Waals surface area contributed by atoms with Gasteiger partial charge in [-0.05, 0) is 30.9 Å². The zero-order valence-corrected chi connectivity index (χ0v) is 17.4. The predicted molar refractivity (Wildman–Crippen MR) is 113 cm³/mol. The van der Waals surface area contributed by atoms with Gasteiger partial charge in [0, 0.05) is 26.1 Å². The first-order valence-corrected chi connectivity index (χ1v) is 10.4. The third-order valence-corrected chi connectivity index (χ3v) is 5.27. The summed E-state index contributed by atoms with van der Waals surface area (Å²) in [7, 11) is 0. The van der Waals surface area contributed by atoms with Crippen molar-refractivity contribution in [2.45, 2.75) is 52.1 Å². The molecule has 1 aliphatic rings. The molecule has 3 amide bonds. The fraction of sp³-hybridized carbons (Fsp3) is 0.524. The van der Waals surface area contributed by atoms with Crippen LogP contribution in [0.1, 0.15) is 39.5 Å². The zero-order chi connectivity index (χ0) is 21.7. The van der Waals surface area contributed by atoms with Crippen LogP contribution in [0.4, 0.5) is 10.7 Å². The normalized spacial score (nSPS) is 14.0. The largest absolute Gasteiger partial charge is 0.480 e. The summed E-state index contributed by atoms with van der Waals surface area (Å²) in [6.07, 6.45) is 2.44. The molecule has 0 saturated heterocycles. The van der Waals surface area contributed by atoms with E-state index in [0.29, 0.717) is 25.5 Å². The maximum absolute atomic E-state index is 12.5. The van der Waals surface area contributed by atoms with Crippen molar-refractivity contribution in [2.75, 3.05) is 18.0 Å². The molecule has 1 aliphatic heterocycles. The van der Waals surface area contributed by atoms with Gasteiger partial charge in [-0.15, -0.1) is 0 Å². The van der Waals surface area contributed by atoms with Crippen LogP contribution in [-0.4, -0.2) is 51.7 Å². The van der Waals surface area contributed by atoms with E-state index in [0.717, 1.165) is 30.4 Å². The Morgan fingerprint density at radius 1 is 1.13 bits per heavy atom. The van der Waals surface area contributed by atoms with Crippen LogP contribution in [0.2, 0.25) is 0 Å². The molecule has 9 nitrogen and oxygen atoms in total. The number of carboxylic acids is 1. The molecule has 30 heavy (non-hydrogen) atoms. The second kappa shape index (κ2) is 9.60. The van der Waals surface area contributed by atoms with E-state index in [-0.39, 0.29) is 24.3 Å². The number of amides is 3. The number of carbonyl (C=O) groups is 3. The Bertz CT molecular complexity index is 923. The number of anilines is 1. The van der Waals surface area contributed by atoms with Gasteiger partial charge in [0.1, 0.15) is 6.04 Å². The molecule has 162 valence electrons. The Morgan fingerprint density at radius 3 is 2.63 bits per heavy atom. The number of unbranched alkanes of at least 4 members (excludes halogenated alkanes) is 2. The highest BCUT2D eigenvalue weighted by molar-refractivity contribution is 5.93. The summed E-state index contributed by atoms with van der Waals surface area (Å²) >= 11 is 0. The van der Waals surface area contributed by atoms with Crippen molar-refractivity contribution in [3.8, 4) is 0 Å². The minimum absolute atomic E-state index is 0.164. The Hall–Kier alpha value is -3.10. The van der Waals surface area contributed by atoms with E-state index in [1.54, 1.807) is 18.7 Å². The maximum atomic E-state index is 12.5. The number of benzene rings is 1. The van der Waals surface area contributed by atoms with Crippen molar-refractivity contribution in [3.63, 3.8) is 0 Å². The number of para-hydroxylation sites is 2. The summed E-state index contributed by atoms with van der Waals surface area (Å²) in [5.41, 5.74) is 1.91. The fourth-order valence-electron chi connectivity index (χ4n) is 3.62. The third kappa shape index (κ3) is 4.90. The average molecular weight is 415 g/mol. The zero-order valence-electron chi connectivity index (χ0n) is 17.4. The van der Waals surface area contributed by atoms with Crippen molar-refractivity contribution in [3.05, 3.63) is 24.3 Å². The van der Waals surface area contributed by atoms with E-state index in [9.17, 15) is 14.4 Å². The number of carboxylic acid groups (broad SMARTS) is 1. The average Bonchev–Trinajstić information content (AvgIpc) is 3.27. The van der Waals surface area contributed by atoms with Gasteiger partial charge in [-0.2, -0.15) is 0 Å². The summed E-state index contributed by atoms with van der Waals surface area (Å²) < 4.78 is 2.05. The van der Waals surface area contributed by atoms with E-state index in [1.165, 1.54) is 0 Å². The Labute approximate surface area is 175 Å². The van der Waals surface area contributed by atoms with Crippen LogP contribution in [-0.2, 0) is 16.1 Å². The first-order valence-electron chi connectivity index (χ1n) is 10.4. The van der Waals surface area contributed by atoms with Gasteiger partial charge in [0.2, 0.25) is 11.9 Å². The second-order valence-electron chi connectivity index (χ2n) is 7.87. The number of urea groups is 1. The van der Waals surface area contributed by atoms with Gasteiger partial charge >= 0.3 is 12.0 Å². The molecule has 0 unspecified atom stereocenters. The number of hydrogen-bond acceptors (Lipinski definition) is 4. The molecule has 1 aromatic heterocycles. The number of imidazole rings is 1. The summed E-state index contributed by atoms with van der Waals surface area (Å²) in [5.74, 6) is -0.767. The number of rotatable bonds is 9. The first kappa shape index (κ1) is 21.6. The molecule has 0 aliphatic carbocycles. The SMILES string of the molecule is CC(C)[C@H](NC(=O)CCCCCNC(=O)N1CCn2c1nc1ccccc12)C(=O)O. The summed E-state index contributed by atoms with van der Waals surface area (Å²) in [6, 6.07) is 6.81. The van der Waals surface area contributed by atoms with Crippen LogP contribution in [0, 0.1) is 5.92 Å². The topological polar surface area (TPSA) is 117 Å². The number of aliphatic carboxylic acids is 1. The number of hydrogen-bond donors (Lipinski definition) is 3. The molecule has 0 bridgehead atoms. The quantitative estimate of drug-likeness (QED) is 0.544. The third-order valence-electron chi connectivity index (χ3n) is 5.27. The molecular weight excluding hydrogens is 386 g/mol. The summed E-state index contributed by atoms with van der Waals surface area (Å²) in [4.78, 5) is 41.8. The van der Waals surface area contributed by atoms with Crippen molar-refractivity contribution in [2.24, 2.45) is 5.92 Å². The first-order chi connectivity index (χ1) is 14.4. The maximum Gasteiger partial charge on any atom is 0.326 e. The van der Waals surface area contributed by atoms with Gasteiger partial charge in [0.05, 0.1) is 11.0 Å². The minimum atomic E-state index is -1.02. The molecule has 1 atom stereocenters. The summed E-state index contributed by atoms with van der Waals surface area (Å²) in [5, 5.41) is 14.6. The van der Waals surface area contributed by atoms with Crippen LogP contribution in [0.25, 0.3) is 11.0 Å². The van der Waals surface area contributed by atoms with Crippen LogP contribution in [0.3, 0.4) is 0 Å². The molecule has 1 aromatic carbocycles. The highest BCUT2D eigenvalue weighted by Crippen LogP contribution is 2.26. The van der Waals surface area contributed by atoms with Crippen LogP contribution >= 0.6 is 0 Å². The van der Waals surface area contributed by atoms with Gasteiger partial charge in [-0.3, -0.25) is 9.69 Å². The number of nitrogens with zero attached hydrogens (tertiary/aromatic N) is 3. The monoisotopic (exact) mass is 415 g/mol. The standard InChI is InChI=1S/C21H29N5O4/c1-14(2)18(19(28)29)24-17(27)10-4-3-7-11-22-21(30)26-13-12-25-16-9-6-5-8-15(16)23-20(25)26/h5-6,8-9,14,18H,3-4,7,10-13H2,1-2H3,(H,22,30)(H,24,27)(H,28,29)/t18-/m0/s1. The van der Waals surface area contributed by atoms with Gasteiger partial charge in [-0.25, -0.2) is 14.6 Å². The molecule has 0 saturated carbocycles. The number of nitrogens with one attached hydrogen (secondary N) is 2. The lowest BCUT2D eigenvalue weighted by molar-refractivity contribution is -0.143. The molecule has 9 heteroatoms. The van der Waals surface area contributed by atoms with E-state index < -0.39 is 12.0 Å². The molecule has 3 rings (SSSR count). The van der Waals surface area contributed by atoms with E-state index in [2.05, 4.69) is 20.2 Å². The summed E-state index contributed by atoms with van der Waals surface area (Å²) in [6.45, 7) is 5.36. The van der Waals surface area contributed by atoms with Crippen LogP contribution in [0.5, 0.6) is 0 Å². The lowest BCUT2D eigenvalue weighted by Gasteiger charge is -2.17. The van der Waals surface area contributed by atoms with E-state index in [1.807, 2.05) is 24.3 Å². The lowest BCUT2D eigenvalue weighted by atomic mass is 10.0. The highest BCUT2D eigenvalue weighted by atomic mass is 16.4. The molecule has 0 fully saturated rings. The number of aromatic nitrogens is 2. The Kier molecular flexibility index (Phi) is 6.91. The van der Waals surface area contributed by atoms with Gasteiger partial charge in [-0.1, -0.05) is 32.4 Å². The van der Waals surface area contributed by atoms with Gasteiger partial charge < -0.3 is 20.3 Å². The van der Waals surface area contributed by atoms with Crippen LogP contribution in [0.15, 0.2) is 24.3 Å². The van der Waals surface area contributed by atoms with Crippen molar-refractivity contribution in [1.82, 2.24) is 20.2 Å². The predicted octanol–water partition coefficient (Wildman–Crippen LogP) is 2.35. The van der Waals surface area contributed by atoms with E-state index in [4.69, 9.17) is 5.11 Å². The molecule has 2 aromatic rings. The molecule has 2 heterocycles. The lowest BCUT2D eigenvalue weighted by Crippen LogP contribution is -2.44. The number of carbonyl (C=O) groups excluding carboxylic acids is 2. The van der Waals surface area contributed by atoms with Crippen molar-refractivity contribution >= 4 is 34.9 Å². The van der Waals surface area contributed by atoms with Crippen LogP contribution < -0.4 is 15.5 Å². The Morgan fingerprint density at radius 2 is 1.90 bits per heavy atom. The molecular formula is C21H29N5O4. The van der Waals surface area contributed by atoms with Crippen molar-refractivity contribution in [1.29, 1.82) is 0 Å². The van der Waals surface area contributed by atoms with Crippen molar-refractivity contribution < 1.29 is 19.5 Å². The highest BCUT2D eigenvalue weighted by Gasteiger charge is 2.28. The van der Waals surface area contributed by atoms with E-state index >= 15 is 0 Å². The fourth-order valence-corrected chi connectivity index (χ4v) is 3.62.